The van der Waals surface area contributed by atoms with Crippen molar-refractivity contribution in [2.75, 3.05) is 19.7 Å². The number of morpholine rings is 1. The highest BCUT2D eigenvalue weighted by Crippen LogP contribution is 2.69. The molecule has 0 radical (unpaired) electrons. The quantitative estimate of drug-likeness (QED) is 0.602. The van der Waals surface area contributed by atoms with Gasteiger partial charge >= 0.3 is 0 Å². The second kappa shape index (κ2) is 7.99. The molecule has 8 nitrogen and oxygen atoms in total. The molecule has 2 aromatic heterocycles. The van der Waals surface area contributed by atoms with E-state index in [9.17, 15) is 18.4 Å². The smallest absolute Gasteiger partial charge is 0.274 e. The normalized spacial score (nSPS) is 26.2. The number of carbonyl (C=O) groups is 1. The molecule has 3 atom stereocenters. The first-order valence-electron chi connectivity index (χ1n) is 12.0. The van der Waals surface area contributed by atoms with Gasteiger partial charge in [-0.2, -0.15) is 10.2 Å². The Morgan fingerprint density at radius 2 is 2.00 bits per heavy atom. The predicted molar refractivity (Wildman–Crippen MR) is 125 cm³/mol. The molecule has 10 heteroatoms. The fourth-order valence-corrected chi connectivity index (χ4v) is 6.70. The number of carbonyl (C=O) groups excluding carboxylic acids is 1. The molecule has 3 aliphatic rings. The van der Waals surface area contributed by atoms with Crippen LogP contribution in [-0.2, 0) is 10.2 Å². The van der Waals surface area contributed by atoms with Crippen LogP contribution in [0, 0.1) is 17.0 Å². The number of H-pyrrole nitrogens is 1. The number of aromatic amines is 1. The van der Waals surface area contributed by atoms with Crippen molar-refractivity contribution >= 4 is 5.91 Å². The van der Waals surface area contributed by atoms with Crippen LogP contribution in [0.4, 0.5) is 8.78 Å². The number of fused-ring (bicyclic) bond motifs is 5. The molecular formula is C26H25F2N5O3. The summed E-state index contributed by atoms with van der Waals surface area (Å²) in [6.07, 6.45) is 3.75. The number of hydrogen-bond donors (Lipinski definition) is 1. The lowest BCUT2D eigenvalue weighted by Gasteiger charge is -2.47. The predicted octanol–water partition coefficient (Wildman–Crippen LogP) is 3.20. The molecule has 1 saturated heterocycles. The molecule has 2 bridgehead atoms. The summed E-state index contributed by atoms with van der Waals surface area (Å²) in [4.78, 5) is 32.7. The molecule has 1 aromatic carbocycles. The number of amides is 1. The van der Waals surface area contributed by atoms with Gasteiger partial charge in [0.2, 0.25) is 0 Å². The summed E-state index contributed by atoms with van der Waals surface area (Å²) in [5.74, 6) is -1.52. The van der Waals surface area contributed by atoms with E-state index in [1.807, 2.05) is 0 Å². The van der Waals surface area contributed by atoms with E-state index in [2.05, 4.69) is 34.0 Å². The average molecular weight is 494 g/mol. The van der Waals surface area contributed by atoms with Crippen LogP contribution in [0.5, 0.6) is 0 Å². The monoisotopic (exact) mass is 493 g/mol. The first-order valence-corrected chi connectivity index (χ1v) is 12.0. The van der Waals surface area contributed by atoms with Gasteiger partial charge in [0.25, 0.3) is 11.5 Å². The van der Waals surface area contributed by atoms with Crippen LogP contribution in [-0.4, -0.2) is 56.8 Å². The zero-order chi connectivity index (χ0) is 25.2. The van der Waals surface area contributed by atoms with Gasteiger partial charge in [-0.1, -0.05) is 19.9 Å². The molecule has 36 heavy (non-hydrogen) atoms. The third-order valence-electron chi connectivity index (χ3n) is 8.48. The maximum atomic E-state index is 14.5. The Balaban J connectivity index is 1.38. The number of halogens is 2. The van der Waals surface area contributed by atoms with Crippen molar-refractivity contribution < 1.29 is 18.3 Å². The summed E-state index contributed by atoms with van der Waals surface area (Å²) in [6, 6.07) is 5.52. The lowest BCUT2D eigenvalue weighted by atomic mass is 9.64. The molecule has 3 aromatic rings. The second-order valence-electron chi connectivity index (χ2n) is 10.3. The highest BCUT2D eigenvalue weighted by molar-refractivity contribution is 5.92. The molecule has 3 heterocycles. The van der Waals surface area contributed by atoms with Crippen LogP contribution >= 0.6 is 0 Å². The highest BCUT2D eigenvalue weighted by Gasteiger charge is 2.67. The van der Waals surface area contributed by atoms with E-state index < -0.39 is 17.0 Å². The van der Waals surface area contributed by atoms with Crippen molar-refractivity contribution in [1.29, 1.82) is 0 Å². The molecule has 1 saturated carbocycles. The number of nitrogens with one attached hydrogen (secondary N) is 1. The third kappa shape index (κ3) is 3.09. The molecule has 0 spiro atoms. The molecule has 1 unspecified atom stereocenters. The molecule has 6 rings (SSSR count). The molecular weight excluding hydrogens is 468 g/mol. The Labute approximate surface area is 205 Å². The number of hydrogen-bond acceptors (Lipinski definition) is 6. The zero-order valence-electron chi connectivity index (χ0n) is 19.9. The zero-order valence-corrected chi connectivity index (χ0v) is 19.9. The standard InChI is InChI=1S/C26H25F2N5O3/c1-25(2)15-6-7-26(25,20-13-33(8-9-36-20)24(35)19-11-30-21(34)12-29-19)23-14(15)10-18(31-32-23)22-16(27)4-3-5-17(22)28/h3-5,10-12,15,20H,6-9,13H2,1-2H3,(H,30,34)/t15-,20-,26?/m0/s1. The van der Waals surface area contributed by atoms with Gasteiger partial charge in [-0.25, -0.2) is 13.8 Å². The largest absolute Gasteiger partial charge is 0.374 e. The van der Waals surface area contributed by atoms with Gasteiger partial charge in [0, 0.05) is 24.7 Å². The van der Waals surface area contributed by atoms with Crippen LogP contribution in [0.3, 0.4) is 0 Å². The molecule has 2 fully saturated rings. The fraction of sp³-hybridized carbons (Fsp3) is 0.423. The third-order valence-corrected chi connectivity index (χ3v) is 8.48. The summed E-state index contributed by atoms with van der Waals surface area (Å²) in [6.45, 7) is 5.43. The van der Waals surface area contributed by atoms with E-state index in [1.54, 1.807) is 11.0 Å². The maximum absolute atomic E-state index is 14.5. The fourth-order valence-electron chi connectivity index (χ4n) is 6.70. The minimum Gasteiger partial charge on any atom is -0.374 e. The SMILES string of the molecule is CC1(C)[C@H]2CCC1([C@@H]1CN(C(=O)c3c[nH]c(=O)cn3)CCO1)c1nnc(-c3c(F)cccc3F)cc12. The van der Waals surface area contributed by atoms with Gasteiger partial charge in [-0.15, -0.1) is 0 Å². The Bertz CT molecular complexity index is 1400. The summed E-state index contributed by atoms with van der Waals surface area (Å²) in [5.41, 5.74) is 0.723. The maximum Gasteiger partial charge on any atom is 0.274 e. The van der Waals surface area contributed by atoms with E-state index in [4.69, 9.17) is 4.74 Å². The van der Waals surface area contributed by atoms with Crippen molar-refractivity contribution in [3.05, 3.63) is 75.6 Å². The Hall–Kier alpha value is -3.53. The van der Waals surface area contributed by atoms with Crippen molar-refractivity contribution in [1.82, 2.24) is 25.1 Å². The number of nitrogens with zero attached hydrogens (tertiary/aromatic N) is 4. The molecule has 2 aliphatic carbocycles. The van der Waals surface area contributed by atoms with Crippen LogP contribution in [0.25, 0.3) is 11.3 Å². The molecule has 1 N–H and O–H groups in total. The molecule has 186 valence electrons. The minimum absolute atomic E-state index is 0.118. The first kappa shape index (κ1) is 22.9. The van der Waals surface area contributed by atoms with E-state index in [-0.39, 0.29) is 45.9 Å². The van der Waals surface area contributed by atoms with Crippen molar-refractivity contribution in [3.63, 3.8) is 0 Å². The van der Waals surface area contributed by atoms with Gasteiger partial charge in [0.05, 0.1) is 35.9 Å². The number of ether oxygens (including phenoxy) is 1. The highest BCUT2D eigenvalue weighted by atomic mass is 19.1. The summed E-state index contributed by atoms with van der Waals surface area (Å²) in [5, 5.41) is 8.83. The van der Waals surface area contributed by atoms with Gasteiger partial charge < -0.3 is 14.6 Å². The van der Waals surface area contributed by atoms with Gasteiger partial charge in [0.15, 0.2) is 0 Å². The Kier molecular flexibility index (Phi) is 5.08. The van der Waals surface area contributed by atoms with Crippen LogP contribution in [0.1, 0.15) is 54.4 Å². The van der Waals surface area contributed by atoms with Gasteiger partial charge in [0.1, 0.15) is 17.3 Å². The lowest BCUT2D eigenvalue weighted by molar-refractivity contribution is -0.0842. The number of benzene rings is 1. The van der Waals surface area contributed by atoms with Crippen molar-refractivity contribution in [2.24, 2.45) is 5.41 Å². The topological polar surface area (TPSA) is 101 Å². The van der Waals surface area contributed by atoms with Crippen LogP contribution in [0.2, 0.25) is 0 Å². The van der Waals surface area contributed by atoms with E-state index >= 15 is 0 Å². The summed E-state index contributed by atoms with van der Waals surface area (Å²) in [7, 11) is 0. The van der Waals surface area contributed by atoms with E-state index in [0.717, 1.165) is 30.3 Å². The first-order chi connectivity index (χ1) is 17.2. The van der Waals surface area contributed by atoms with Crippen molar-refractivity contribution in [3.8, 4) is 11.3 Å². The van der Waals surface area contributed by atoms with Gasteiger partial charge in [-0.3, -0.25) is 9.59 Å². The van der Waals surface area contributed by atoms with E-state index in [1.165, 1.54) is 24.4 Å². The molecule has 1 amide bonds. The average Bonchev–Trinajstić information content (AvgIpc) is 3.25. The number of rotatable bonds is 3. The number of aromatic nitrogens is 4. The Morgan fingerprint density at radius 1 is 1.22 bits per heavy atom. The summed E-state index contributed by atoms with van der Waals surface area (Å²) >= 11 is 0. The van der Waals surface area contributed by atoms with Gasteiger partial charge in [-0.05, 0) is 47.9 Å². The molecule has 1 aliphatic heterocycles. The van der Waals surface area contributed by atoms with Crippen molar-refractivity contribution in [2.45, 2.75) is 44.1 Å². The minimum atomic E-state index is -0.679. The van der Waals surface area contributed by atoms with Crippen LogP contribution in [0.15, 0.2) is 41.5 Å². The Morgan fingerprint density at radius 3 is 2.72 bits per heavy atom. The van der Waals surface area contributed by atoms with E-state index in [0.29, 0.717) is 19.7 Å². The summed E-state index contributed by atoms with van der Waals surface area (Å²) < 4.78 is 35.3. The second-order valence-corrected chi connectivity index (χ2v) is 10.3. The van der Waals surface area contributed by atoms with Crippen LogP contribution < -0.4 is 5.56 Å². The lowest BCUT2D eigenvalue weighted by Crippen LogP contribution is -2.57.